The van der Waals surface area contributed by atoms with Crippen molar-refractivity contribution in [2.24, 2.45) is 7.05 Å². The highest BCUT2D eigenvalue weighted by Gasteiger charge is 2.27. The Morgan fingerprint density at radius 1 is 0.970 bits per heavy atom. The molecule has 2 aromatic carbocycles. The minimum Gasteiger partial charge on any atom is -0.497 e. The van der Waals surface area contributed by atoms with Crippen LogP contribution >= 0.6 is 0 Å². The summed E-state index contributed by atoms with van der Waals surface area (Å²) in [5.41, 5.74) is 3.86. The van der Waals surface area contributed by atoms with Crippen LogP contribution in [0.1, 0.15) is 37.7 Å². The van der Waals surface area contributed by atoms with E-state index in [0.717, 1.165) is 53.8 Å². The van der Waals surface area contributed by atoms with Crippen LogP contribution in [0.25, 0.3) is 11.1 Å². The highest BCUT2D eigenvalue weighted by Crippen LogP contribution is 2.29. The molecule has 0 unspecified atom stereocenters. The second-order valence-electron chi connectivity index (χ2n) is 8.58. The molecule has 0 atom stereocenters. The van der Waals surface area contributed by atoms with E-state index in [1.54, 1.807) is 24.8 Å². The number of aryl methyl sites for hydroxylation is 1. The molecule has 172 valence electrons. The Bertz CT molecular complexity index is 1130. The number of hydrogen-bond acceptors (Lipinski definition) is 3. The van der Waals surface area contributed by atoms with Crippen LogP contribution in [-0.4, -0.2) is 23.7 Å². The minimum absolute atomic E-state index is 0.0348. The first-order valence-electron chi connectivity index (χ1n) is 11.5. The van der Waals surface area contributed by atoms with Crippen molar-refractivity contribution >= 4 is 11.7 Å². The molecule has 1 fully saturated rings. The fraction of sp³-hybridized carbons (Fsp3) is 0.333. The van der Waals surface area contributed by atoms with Crippen LogP contribution < -0.4 is 20.5 Å². The molecule has 1 aliphatic carbocycles. The number of nitrogens with zero attached hydrogens (tertiary/aromatic N) is 2. The Morgan fingerprint density at radius 3 is 2.27 bits per heavy atom. The number of carbonyl (C=O) groups is 1. The molecule has 2 amide bonds. The van der Waals surface area contributed by atoms with Crippen molar-refractivity contribution in [2.45, 2.75) is 44.7 Å². The third kappa shape index (κ3) is 5.45. The lowest BCUT2D eigenvalue weighted by atomic mass is 9.93. The number of rotatable bonds is 6. The van der Waals surface area contributed by atoms with Crippen LogP contribution in [0.5, 0.6) is 5.75 Å². The Kier molecular flexibility index (Phi) is 7.13. The molecule has 0 saturated heterocycles. The molecule has 6 nitrogen and oxygen atoms in total. The molecule has 1 aliphatic rings. The van der Waals surface area contributed by atoms with Crippen molar-refractivity contribution in [1.82, 2.24) is 9.88 Å². The Morgan fingerprint density at radius 2 is 1.64 bits per heavy atom. The smallest absolute Gasteiger partial charge is 0.322 e. The van der Waals surface area contributed by atoms with Crippen LogP contribution in [0.2, 0.25) is 0 Å². The number of ether oxygens (including phenoxy) is 1. The predicted octanol–water partition coefficient (Wildman–Crippen LogP) is 5.11. The third-order valence-corrected chi connectivity index (χ3v) is 6.33. The summed E-state index contributed by atoms with van der Waals surface area (Å²) in [5.74, 6) is 0.799. The third-order valence-electron chi connectivity index (χ3n) is 6.33. The van der Waals surface area contributed by atoms with Crippen molar-refractivity contribution in [3.8, 4) is 16.9 Å². The standard InChI is InChI=1S/C27H31N3O3/c1-29-19-22(12-17-26(29)31)21-10-13-24(14-11-21)30(23-6-4-3-5-7-23)27(32)28-18-20-8-15-25(33-2)16-9-20/h8-17,19,23H,3-7,18H2,1-2H3,(H,28,32). The van der Waals surface area contributed by atoms with Gasteiger partial charge in [0, 0.05) is 37.6 Å². The van der Waals surface area contributed by atoms with Gasteiger partial charge >= 0.3 is 6.03 Å². The van der Waals surface area contributed by atoms with Crippen molar-refractivity contribution in [1.29, 1.82) is 0 Å². The van der Waals surface area contributed by atoms with Gasteiger partial charge in [-0.1, -0.05) is 43.5 Å². The average molecular weight is 446 g/mol. The monoisotopic (exact) mass is 445 g/mol. The molecule has 4 rings (SSSR count). The van der Waals surface area contributed by atoms with E-state index in [-0.39, 0.29) is 17.6 Å². The maximum absolute atomic E-state index is 13.3. The molecule has 3 aromatic rings. The number of amides is 2. The van der Waals surface area contributed by atoms with E-state index in [9.17, 15) is 9.59 Å². The molecule has 6 heteroatoms. The van der Waals surface area contributed by atoms with Crippen molar-refractivity contribution in [3.63, 3.8) is 0 Å². The zero-order chi connectivity index (χ0) is 23.2. The molecular weight excluding hydrogens is 414 g/mol. The van der Waals surface area contributed by atoms with Crippen LogP contribution in [0.3, 0.4) is 0 Å². The fourth-order valence-corrected chi connectivity index (χ4v) is 4.42. The average Bonchev–Trinajstić information content (AvgIpc) is 2.86. The van der Waals surface area contributed by atoms with E-state index < -0.39 is 0 Å². The molecule has 0 radical (unpaired) electrons. The summed E-state index contributed by atoms with van der Waals surface area (Å²) >= 11 is 0. The number of aromatic nitrogens is 1. The lowest BCUT2D eigenvalue weighted by Crippen LogP contribution is -2.47. The normalized spacial score (nSPS) is 14.0. The Labute approximate surface area is 194 Å². The number of benzene rings is 2. The van der Waals surface area contributed by atoms with Crippen molar-refractivity contribution in [3.05, 3.63) is 82.8 Å². The molecule has 1 N–H and O–H groups in total. The van der Waals surface area contributed by atoms with Crippen LogP contribution in [0, 0.1) is 0 Å². The molecule has 0 aliphatic heterocycles. The number of urea groups is 1. The maximum Gasteiger partial charge on any atom is 0.322 e. The number of carbonyl (C=O) groups excluding carboxylic acids is 1. The minimum atomic E-state index is -0.0763. The first-order chi connectivity index (χ1) is 16.0. The van der Waals surface area contributed by atoms with E-state index in [2.05, 4.69) is 5.32 Å². The summed E-state index contributed by atoms with van der Waals surface area (Å²) < 4.78 is 6.79. The van der Waals surface area contributed by atoms with Gasteiger partial charge in [-0.3, -0.25) is 9.69 Å². The summed E-state index contributed by atoms with van der Waals surface area (Å²) in [6.07, 6.45) is 7.37. The van der Waals surface area contributed by atoms with E-state index in [4.69, 9.17) is 4.74 Å². The summed E-state index contributed by atoms with van der Waals surface area (Å²) in [4.78, 5) is 26.9. The van der Waals surface area contributed by atoms with E-state index >= 15 is 0 Å². The number of methoxy groups -OCH3 is 1. The summed E-state index contributed by atoms with van der Waals surface area (Å²) in [6.45, 7) is 0.460. The molecule has 0 spiro atoms. The zero-order valence-corrected chi connectivity index (χ0v) is 19.3. The summed E-state index contributed by atoms with van der Waals surface area (Å²) in [6, 6.07) is 19.3. The molecule has 1 heterocycles. The largest absolute Gasteiger partial charge is 0.497 e. The van der Waals surface area contributed by atoms with Gasteiger partial charge in [0.1, 0.15) is 5.75 Å². The molecule has 1 aromatic heterocycles. The zero-order valence-electron chi connectivity index (χ0n) is 19.3. The van der Waals surface area contributed by atoms with E-state index in [1.807, 2.05) is 65.7 Å². The Hall–Kier alpha value is -3.54. The second-order valence-corrected chi connectivity index (χ2v) is 8.58. The molecule has 33 heavy (non-hydrogen) atoms. The number of nitrogens with one attached hydrogen (secondary N) is 1. The van der Waals surface area contributed by atoms with E-state index in [1.165, 1.54) is 6.42 Å². The van der Waals surface area contributed by atoms with Crippen LogP contribution in [-0.2, 0) is 13.6 Å². The Balaban J connectivity index is 1.53. The second kappa shape index (κ2) is 10.4. The lowest BCUT2D eigenvalue weighted by molar-refractivity contribution is 0.241. The number of anilines is 1. The van der Waals surface area contributed by atoms with Gasteiger partial charge in [-0.2, -0.15) is 0 Å². The summed E-state index contributed by atoms with van der Waals surface area (Å²) in [5, 5.41) is 3.10. The van der Waals surface area contributed by atoms with Gasteiger partial charge in [-0.15, -0.1) is 0 Å². The van der Waals surface area contributed by atoms with Gasteiger partial charge in [0.05, 0.1) is 7.11 Å². The SMILES string of the molecule is COc1ccc(CNC(=O)N(c2ccc(-c3ccc(=O)n(C)c3)cc2)C2CCCCC2)cc1. The first kappa shape index (κ1) is 22.6. The van der Waals surface area contributed by atoms with Gasteiger partial charge in [0.25, 0.3) is 0 Å². The van der Waals surface area contributed by atoms with Gasteiger partial charge in [-0.25, -0.2) is 4.79 Å². The van der Waals surface area contributed by atoms with Gasteiger partial charge < -0.3 is 14.6 Å². The molecular formula is C27H31N3O3. The van der Waals surface area contributed by atoms with Gasteiger partial charge in [0.15, 0.2) is 0 Å². The van der Waals surface area contributed by atoms with Gasteiger partial charge in [-0.05, 0) is 59.9 Å². The number of pyridine rings is 1. The summed E-state index contributed by atoms with van der Waals surface area (Å²) in [7, 11) is 3.39. The first-order valence-corrected chi connectivity index (χ1v) is 11.5. The van der Waals surface area contributed by atoms with Crippen LogP contribution in [0.4, 0.5) is 10.5 Å². The van der Waals surface area contributed by atoms with Crippen molar-refractivity contribution < 1.29 is 9.53 Å². The van der Waals surface area contributed by atoms with Crippen LogP contribution in [0.15, 0.2) is 71.7 Å². The lowest BCUT2D eigenvalue weighted by Gasteiger charge is -2.34. The topological polar surface area (TPSA) is 63.6 Å². The fourth-order valence-electron chi connectivity index (χ4n) is 4.42. The quantitative estimate of drug-likeness (QED) is 0.573. The highest BCUT2D eigenvalue weighted by atomic mass is 16.5. The maximum atomic E-state index is 13.3. The van der Waals surface area contributed by atoms with Gasteiger partial charge in [0.2, 0.25) is 5.56 Å². The van der Waals surface area contributed by atoms with Crippen molar-refractivity contribution in [2.75, 3.05) is 12.0 Å². The number of hydrogen-bond donors (Lipinski definition) is 1. The highest BCUT2D eigenvalue weighted by molar-refractivity contribution is 5.93. The molecule has 0 bridgehead atoms. The molecule has 1 saturated carbocycles. The predicted molar refractivity (Wildman–Crippen MR) is 132 cm³/mol. The van der Waals surface area contributed by atoms with E-state index in [0.29, 0.717) is 6.54 Å².